The highest BCUT2D eigenvalue weighted by Crippen LogP contribution is 2.35. The molecule has 1 aliphatic carbocycles. The average Bonchev–Trinajstić information content (AvgIpc) is 3.28. The minimum Gasteiger partial charge on any atom is -0.344 e. The van der Waals surface area contributed by atoms with E-state index in [1.54, 1.807) is 35.6 Å². The van der Waals surface area contributed by atoms with Crippen molar-refractivity contribution >= 4 is 28.8 Å². The monoisotopic (exact) mass is 356 g/mol. The van der Waals surface area contributed by atoms with Crippen LogP contribution in [0.5, 0.6) is 0 Å². The van der Waals surface area contributed by atoms with Gasteiger partial charge in [0.2, 0.25) is 5.91 Å². The van der Waals surface area contributed by atoms with Gasteiger partial charge in [0.25, 0.3) is 5.91 Å². The van der Waals surface area contributed by atoms with Crippen LogP contribution in [0.25, 0.3) is 0 Å². The van der Waals surface area contributed by atoms with E-state index >= 15 is 0 Å². The Labute approximate surface area is 152 Å². The fourth-order valence-corrected chi connectivity index (χ4v) is 3.70. The van der Waals surface area contributed by atoms with Gasteiger partial charge in [0.15, 0.2) is 0 Å². The summed E-state index contributed by atoms with van der Waals surface area (Å²) < 4.78 is 0. The van der Waals surface area contributed by atoms with E-state index in [2.05, 4.69) is 37.5 Å². The van der Waals surface area contributed by atoms with Crippen LogP contribution >= 0.6 is 11.3 Å². The maximum absolute atomic E-state index is 12.7. The molecule has 1 unspecified atom stereocenters. The SMILES string of the molecule is CC(C)(C)C(NC(=O)c1ccc(NC(=O)C2CC2)cc1)c1cccs1. The van der Waals surface area contributed by atoms with E-state index in [-0.39, 0.29) is 29.2 Å². The number of hydrogen-bond acceptors (Lipinski definition) is 3. The van der Waals surface area contributed by atoms with Crippen molar-refractivity contribution in [3.63, 3.8) is 0 Å². The number of anilines is 1. The molecular weight excluding hydrogens is 332 g/mol. The van der Waals surface area contributed by atoms with Gasteiger partial charge in [-0.15, -0.1) is 11.3 Å². The number of benzene rings is 1. The molecule has 1 heterocycles. The molecule has 25 heavy (non-hydrogen) atoms. The van der Waals surface area contributed by atoms with Crippen molar-refractivity contribution in [1.29, 1.82) is 0 Å². The Balaban J connectivity index is 1.68. The summed E-state index contributed by atoms with van der Waals surface area (Å²) in [6.45, 7) is 6.36. The summed E-state index contributed by atoms with van der Waals surface area (Å²) in [7, 11) is 0. The molecule has 2 N–H and O–H groups in total. The van der Waals surface area contributed by atoms with Gasteiger partial charge in [-0.05, 0) is 54.0 Å². The Bertz CT molecular complexity index is 741. The first-order valence-corrected chi connectivity index (χ1v) is 9.48. The van der Waals surface area contributed by atoms with E-state index in [0.29, 0.717) is 5.56 Å². The molecule has 5 heteroatoms. The summed E-state index contributed by atoms with van der Waals surface area (Å²) in [5.74, 6) is 0.136. The molecule has 2 aromatic rings. The molecule has 1 aromatic heterocycles. The molecule has 1 fully saturated rings. The fourth-order valence-electron chi connectivity index (χ4n) is 2.68. The number of thiophene rings is 1. The molecule has 2 amide bonds. The lowest BCUT2D eigenvalue weighted by Crippen LogP contribution is -2.36. The molecular formula is C20H24N2O2S. The van der Waals surface area contributed by atoms with Crippen LogP contribution in [0.3, 0.4) is 0 Å². The summed E-state index contributed by atoms with van der Waals surface area (Å²) in [5, 5.41) is 8.06. The standard InChI is InChI=1S/C20H24N2O2S/c1-20(2,3)17(16-5-4-12-25-16)22-19(24)14-8-10-15(11-9-14)21-18(23)13-6-7-13/h4-5,8-13,17H,6-7H2,1-3H3,(H,21,23)(H,22,24). The van der Waals surface area contributed by atoms with Crippen LogP contribution in [0.15, 0.2) is 41.8 Å². The van der Waals surface area contributed by atoms with Crippen LogP contribution < -0.4 is 10.6 Å². The first kappa shape index (κ1) is 17.7. The van der Waals surface area contributed by atoms with Crippen LogP contribution in [0, 0.1) is 11.3 Å². The quantitative estimate of drug-likeness (QED) is 0.822. The largest absolute Gasteiger partial charge is 0.344 e. The number of carbonyl (C=O) groups is 2. The topological polar surface area (TPSA) is 58.2 Å². The molecule has 1 atom stereocenters. The molecule has 0 spiro atoms. The second kappa shape index (κ2) is 7.00. The Morgan fingerprint density at radius 2 is 1.80 bits per heavy atom. The molecule has 1 saturated carbocycles. The van der Waals surface area contributed by atoms with Crippen molar-refractivity contribution in [3.8, 4) is 0 Å². The van der Waals surface area contributed by atoms with Crippen LogP contribution in [-0.4, -0.2) is 11.8 Å². The van der Waals surface area contributed by atoms with Crippen LogP contribution in [0.4, 0.5) is 5.69 Å². The Morgan fingerprint density at radius 1 is 1.12 bits per heavy atom. The molecule has 3 rings (SSSR count). The number of hydrogen-bond donors (Lipinski definition) is 2. The van der Waals surface area contributed by atoms with E-state index in [4.69, 9.17) is 0 Å². The summed E-state index contributed by atoms with van der Waals surface area (Å²) in [6.07, 6.45) is 1.95. The number of rotatable bonds is 5. The van der Waals surface area contributed by atoms with Gasteiger partial charge in [0, 0.05) is 22.0 Å². The fraction of sp³-hybridized carbons (Fsp3) is 0.400. The molecule has 0 bridgehead atoms. The first-order valence-electron chi connectivity index (χ1n) is 8.60. The Hall–Kier alpha value is -2.14. The molecule has 1 aliphatic rings. The van der Waals surface area contributed by atoms with Crippen LogP contribution in [0.2, 0.25) is 0 Å². The van der Waals surface area contributed by atoms with Crippen LogP contribution in [0.1, 0.15) is 54.9 Å². The minimum atomic E-state index is -0.103. The van der Waals surface area contributed by atoms with Gasteiger partial charge < -0.3 is 10.6 Å². The second-order valence-electron chi connectivity index (χ2n) is 7.63. The van der Waals surface area contributed by atoms with Crippen molar-refractivity contribution in [2.24, 2.45) is 11.3 Å². The van der Waals surface area contributed by atoms with Gasteiger partial charge >= 0.3 is 0 Å². The van der Waals surface area contributed by atoms with Gasteiger partial charge in [0.1, 0.15) is 0 Å². The highest BCUT2D eigenvalue weighted by atomic mass is 32.1. The van der Waals surface area contributed by atoms with E-state index < -0.39 is 0 Å². The third-order valence-corrected chi connectivity index (χ3v) is 5.27. The summed E-state index contributed by atoms with van der Waals surface area (Å²) in [4.78, 5) is 25.6. The third-order valence-electron chi connectivity index (χ3n) is 4.33. The van der Waals surface area contributed by atoms with Crippen molar-refractivity contribution in [3.05, 3.63) is 52.2 Å². The maximum Gasteiger partial charge on any atom is 0.251 e. The van der Waals surface area contributed by atoms with Crippen molar-refractivity contribution < 1.29 is 9.59 Å². The molecule has 0 saturated heterocycles. The lowest BCUT2D eigenvalue weighted by Gasteiger charge is -2.30. The van der Waals surface area contributed by atoms with Gasteiger partial charge in [0.05, 0.1) is 6.04 Å². The smallest absolute Gasteiger partial charge is 0.251 e. The normalized spacial score (nSPS) is 15.5. The van der Waals surface area contributed by atoms with Crippen LogP contribution in [-0.2, 0) is 4.79 Å². The predicted octanol–water partition coefficient (Wildman–Crippen LogP) is 4.61. The molecule has 132 valence electrons. The Kier molecular flexibility index (Phi) is 4.95. The lowest BCUT2D eigenvalue weighted by atomic mass is 9.85. The molecule has 0 radical (unpaired) electrons. The van der Waals surface area contributed by atoms with Crippen molar-refractivity contribution in [1.82, 2.24) is 5.32 Å². The molecule has 4 nitrogen and oxygen atoms in total. The zero-order chi connectivity index (χ0) is 18.0. The van der Waals surface area contributed by atoms with Crippen molar-refractivity contribution in [2.75, 3.05) is 5.32 Å². The zero-order valence-corrected chi connectivity index (χ0v) is 15.7. The molecule has 0 aliphatic heterocycles. The molecule has 1 aromatic carbocycles. The summed E-state index contributed by atoms with van der Waals surface area (Å²) in [6, 6.07) is 11.1. The van der Waals surface area contributed by atoms with E-state index in [1.165, 1.54) is 0 Å². The maximum atomic E-state index is 12.7. The van der Waals surface area contributed by atoms with Gasteiger partial charge in [-0.25, -0.2) is 0 Å². The number of amides is 2. The van der Waals surface area contributed by atoms with Gasteiger partial charge in [-0.1, -0.05) is 26.8 Å². The van der Waals surface area contributed by atoms with E-state index in [9.17, 15) is 9.59 Å². The second-order valence-corrected chi connectivity index (χ2v) is 8.61. The highest BCUT2D eigenvalue weighted by molar-refractivity contribution is 7.10. The zero-order valence-electron chi connectivity index (χ0n) is 14.8. The minimum absolute atomic E-state index is 0.0470. The third kappa shape index (κ3) is 4.48. The summed E-state index contributed by atoms with van der Waals surface area (Å²) >= 11 is 1.65. The average molecular weight is 356 g/mol. The van der Waals surface area contributed by atoms with E-state index in [1.807, 2.05) is 11.4 Å². The Morgan fingerprint density at radius 3 is 2.32 bits per heavy atom. The number of carbonyl (C=O) groups excluding carboxylic acids is 2. The first-order chi connectivity index (χ1) is 11.8. The van der Waals surface area contributed by atoms with Crippen molar-refractivity contribution in [2.45, 2.75) is 39.7 Å². The number of nitrogens with one attached hydrogen (secondary N) is 2. The van der Waals surface area contributed by atoms with E-state index in [0.717, 1.165) is 23.4 Å². The van der Waals surface area contributed by atoms with Gasteiger partial charge in [-0.2, -0.15) is 0 Å². The lowest BCUT2D eigenvalue weighted by molar-refractivity contribution is -0.117. The summed E-state index contributed by atoms with van der Waals surface area (Å²) in [5.41, 5.74) is 1.24. The highest BCUT2D eigenvalue weighted by Gasteiger charge is 2.30. The predicted molar refractivity (Wildman–Crippen MR) is 102 cm³/mol. The van der Waals surface area contributed by atoms with Gasteiger partial charge in [-0.3, -0.25) is 9.59 Å².